The molecule has 0 radical (unpaired) electrons. The largest absolute Gasteiger partial charge is 0.444 e. The van der Waals surface area contributed by atoms with Crippen LogP contribution >= 0.6 is 0 Å². The SMILES string of the molecule is CC(C)(C)OC(=O)N1CCC2(CC1)C(=O)c1ccccc1C21CC1. The van der Waals surface area contributed by atoms with Crippen molar-refractivity contribution in [3.8, 4) is 0 Å². The number of Topliss-reactive ketones (excluding diaryl/α,β-unsaturated/α-hetero) is 1. The fraction of sp³-hybridized carbons (Fsp3) is 0.600. The second-order valence-corrected chi connectivity index (χ2v) is 8.51. The van der Waals surface area contributed by atoms with Gasteiger partial charge in [0.15, 0.2) is 5.78 Å². The Labute approximate surface area is 143 Å². The second-order valence-electron chi connectivity index (χ2n) is 8.51. The molecule has 24 heavy (non-hydrogen) atoms. The van der Waals surface area contributed by atoms with Gasteiger partial charge in [-0.2, -0.15) is 0 Å². The van der Waals surface area contributed by atoms with Crippen molar-refractivity contribution in [1.29, 1.82) is 0 Å². The number of carbonyl (C=O) groups is 2. The number of piperidine rings is 1. The molecule has 0 N–H and O–H groups in total. The first-order valence-electron chi connectivity index (χ1n) is 8.91. The average Bonchev–Trinajstić information content (AvgIpc) is 3.31. The number of carbonyl (C=O) groups excluding carboxylic acids is 2. The Kier molecular flexibility index (Phi) is 3.16. The van der Waals surface area contributed by atoms with E-state index in [1.54, 1.807) is 4.90 Å². The minimum Gasteiger partial charge on any atom is -0.444 e. The van der Waals surface area contributed by atoms with Crippen LogP contribution < -0.4 is 0 Å². The zero-order valence-electron chi connectivity index (χ0n) is 14.7. The molecule has 0 aromatic heterocycles. The summed E-state index contributed by atoms with van der Waals surface area (Å²) < 4.78 is 5.49. The van der Waals surface area contributed by atoms with E-state index >= 15 is 0 Å². The van der Waals surface area contributed by atoms with Crippen LogP contribution in [-0.4, -0.2) is 35.5 Å². The fourth-order valence-electron chi connectivity index (χ4n) is 4.81. The van der Waals surface area contributed by atoms with Crippen molar-refractivity contribution in [3.63, 3.8) is 0 Å². The van der Waals surface area contributed by atoms with Crippen molar-refractivity contribution in [1.82, 2.24) is 4.90 Å². The van der Waals surface area contributed by atoms with Crippen molar-refractivity contribution < 1.29 is 14.3 Å². The van der Waals surface area contributed by atoms with Crippen molar-refractivity contribution in [2.75, 3.05) is 13.1 Å². The van der Waals surface area contributed by atoms with Gasteiger partial charge in [0.05, 0.1) is 0 Å². The first-order valence-corrected chi connectivity index (χ1v) is 8.91. The summed E-state index contributed by atoms with van der Waals surface area (Å²) in [6.07, 6.45) is 3.44. The van der Waals surface area contributed by atoms with Gasteiger partial charge in [-0.1, -0.05) is 24.3 Å². The van der Waals surface area contributed by atoms with Crippen LogP contribution in [0.5, 0.6) is 0 Å². The first kappa shape index (κ1) is 15.7. The number of benzene rings is 1. The van der Waals surface area contributed by atoms with Gasteiger partial charge in [-0.05, 0) is 52.0 Å². The molecule has 4 heteroatoms. The summed E-state index contributed by atoms with van der Waals surface area (Å²) in [6.45, 7) is 6.86. The van der Waals surface area contributed by atoms with Crippen molar-refractivity contribution in [2.24, 2.45) is 5.41 Å². The van der Waals surface area contributed by atoms with Gasteiger partial charge < -0.3 is 9.64 Å². The molecule has 0 bridgehead atoms. The molecular formula is C20H25NO3. The highest BCUT2D eigenvalue weighted by atomic mass is 16.6. The zero-order chi connectivity index (χ0) is 17.2. The molecule has 1 saturated heterocycles. The summed E-state index contributed by atoms with van der Waals surface area (Å²) in [4.78, 5) is 27.3. The Hall–Kier alpha value is -1.84. The third kappa shape index (κ3) is 2.04. The van der Waals surface area contributed by atoms with Gasteiger partial charge in [0.25, 0.3) is 0 Å². The first-order chi connectivity index (χ1) is 11.3. The Morgan fingerprint density at radius 2 is 1.67 bits per heavy atom. The molecule has 0 atom stereocenters. The number of hydrogen-bond donors (Lipinski definition) is 0. The molecule has 4 nitrogen and oxygen atoms in total. The highest BCUT2D eigenvalue weighted by Crippen LogP contribution is 2.69. The summed E-state index contributed by atoms with van der Waals surface area (Å²) in [7, 11) is 0. The molecule has 4 rings (SSSR count). The van der Waals surface area contributed by atoms with Crippen molar-refractivity contribution in [3.05, 3.63) is 35.4 Å². The van der Waals surface area contributed by atoms with Crippen LogP contribution in [0.4, 0.5) is 4.79 Å². The molecule has 1 aromatic rings. The second kappa shape index (κ2) is 4.84. The Bertz CT molecular complexity index is 704. The molecule has 2 aliphatic carbocycles. The van der Waals surface area contributed by atoms with Crippen LogP contribution in [0.2, 0.25) is 0 Å². The number of amides is 1. The van der Waals surface area contributed by atoms with Gasteiger partial charge in [-0.15, -0.1) is 0 Å². The van der Waals surface area contributed by atoms with Crippen LogP contribution in [0.25, 0.3) is 0 Å². The predicted molar refractivity (Wildman–Crippen MR) is 91.2 cm³/mol. The molecule has 128 valence electrons. The summed E-state index contributed by atoms with van der Waals surface area (Å²) in [6, 6.07) is 8.12. The highest BCUT2D eigenvalue weighted by molar-refractivity contribution is 6.07. The van der Waals surface area contributed by atoms with Gasteiger partial charge in [-0.3, -0.25) is 4.79 Å². The van der Waals surface area contributed by atoms with E-state index in [4.69, 9.17) is 4.74 Å². The lowest BCUT2D eigenvalue weighted by Gasteiger charge is -2.42. The lowest BCUT2D eigenvalue weighted by Crippen LogP contribution is -2.50. The average molecular weight is 327 g/mol. The third-order valence-corrected chi connectivity index (χ3v) is 6.06. The third-order valence-electron chi connectivity index (χ3n) is 6.06. The number of ether oxygens (including phenoxy) is 1. The minimum absolute atomic E-state index is 0.0424. The van der Waals surface area contributed by atoms with Crippen molar-refractivity contribution >= 4 is 11.9 Å². The van der Waals surface area contributed by atoms with E-state index in [1.807, 2.05) is 39.0 Å². The quantitative estimate of drug-likeness (QED) is 0.725. The summed E-state index contributed by atoms with van der Waals surface area (Å²) in [5.41, 5.74) is 1.43. The molecular weight excluding hydrogens is 302 g/mol. The Morgan fingerprint density at radius 1 is 1.04 bits per heavy atom. The van der Waals surface area contributed by atoms with Crippen LogP contribution in [0.3, 0.4) is 0 Å². The van der Waals surface area contributed by atoms with Crippen LogP contribution in [-0.2, 0) is 10.2 Å². The molecule has 0 unspecified atom stereocenters. The number of fused-ring (bicyclic) bond motifs is 3. The minimum atomic E-state index is -0.483. The van der Waals surface area contributed by atoms with E-state index in [0.29, 0.717) is 18.9 Å². The van der Waals surface area contributed by atoms with E-state index in [1.165, 1.54) is 5.56 Å². The van der Waals surface area contributed by atoms with Gasteiger partial charge in [0.1, 0.15) is 5.60 Å². The van der Waals surface area contributed by atoms with E-state index < -0.39 is 5.60 Å². The maximum atomic E-state index is 13.2. The topological polar surface area (TPSA) is 46.6 Å². The molecule has 1 aromatic carbocycles. The summed E-state index contributed by atoms with van der Waals surface area (Å²) in [5, 5.41) is 0. The normalized spacial score (nSPS) is 23.5. The number of hydrogen-bond acceptors (Lipinski definition) is 3. The van der Waals surface area contributed by atoms with Crippen molar-refractivity contribution in [2.45, 2.75) is 57.5 Å². The maximum Gasteiger partial charge on any atom is 0.410 e. The molecule has 1 amide bonds. The van der Waals surface area contributed by atoms with Gasteiger partial charge in [0, 0.05) is 29.5 Å². The van der Waals surface area contributed by atoms with Crippen LogP contribution in [0.1, 0.15) is 62.4 Å². The molecule has 1 saturated carbocycles. The maximum absolute atomic E-state index is 13.2. The van der Waals surface area contributed by atoms with E-state index in [2.05, 4.69) is 6.07 Å². The number of nitrogens with zero attached hydrogens (tertiary/aromatic N) is 1. The number of ketones is 1. The van der Waals surface area contributed by atoms with Gasteiger partial charge in [0.2, 0.25) is 0 Å². The van der Waals surface area contributed by atoms with Gasteiger partial charge >= 0.3 is 6.09 Å². The summed E-state index contributed by atoms with van der Waals surface area (Å²) >= 11 is 0. The lowest BCUT2D eigenvalue weighted by atomic mass is 9.66. The molecule has 1 heterocycles. The fourth-order valence-corrected chi connectivity index (χ4v) is 4.81. The zero-order valence-corrected chi connectivity index (χ0v) is 14.7. The molecule has 2 spiro atoms. The summed E-state index contributed by atoms with van der Waals surface area (Å²) in [5.74, 6) is 0.305. The lowest BCUT2D eigenvalue weighted by molar-refractivity contribution is 0.00709. The molecule has 2 fully saturated rings. The molecule has 3 aliphatic rings. The Balaban J connectivity index is 1.56. The smallest absolute Gasteiger partial charge is 0.410 e. The van der Waals surface area contributed by atoms with E-state index in [9.17, 15) is 9.59 Å². The van der Waals surface area contributed by atoms with Gasteiger partial charge in [-0.25, -0.2) is 4.79 Å². The van der Waals surface area contributed by atoms with E-state index in [0.717, 1.165) is 31.2 Å². The molecule has 1 aliphatic heterocycles. The van der Waals surface area contributed by atoms with Crippen LogP contribution in [0.15, 0.2) is 24.3 Å². The predicted octanol–water partition coefficient (Wildman–Crippen LogP) is 3.93. The number of rotatable bonds is 0. The highest BCUT2D eigenvalue weighted by Gasteiger charge is 2.68. The van der Waals surface area contributed by atoms with Crippen LogP contribution in [0, 0.1) is 5.41 Å². The monoisotopic (exact) mass is 327 g/mol. The van der Waals surface area contributed by atoms with E-state index in [-0.39, 0.29) is 16.9 Å². The standard InChI is InChI=1S/C20H25NO3/c1-18(2,3)24-17(23)21-12-10-20(11-13-21)16(22)14-6-4-5-7-15(14)19(20)8-9-19/h4-7H,8-13H2,1-3H3. The number of likely N-dealkylation sites (tertiary alicyclic amines) is 1. The Morgan fingerprint density at radius 3 is 2.25 bits per heavy atom.